The number of nitrogens with zero attached hydrogens (tertiary/aromatic N) is 2. The molecule has 1 atom stereocenters. The van der Waals surface area contributed by atoms with Gasteiger partial charge in [-0.15, -0.1) is 0 Å². The molecule has 0 aliphatic carbocycles. The summed E-state index contributed by atoms with van der Waals surface area (Å²) < 4.78 is 50.7. The summed E-state index contributed by atoms with van der Waals surface area (Å²) in [5.41, 5.74) is 0.127. The van der Waals surface area contributed by atoms with Crippen LogP contribution in [0.1, 0.15) is 30.6 Å². The summed E-state index contributed by atoms with van der Waals surface area (Å²) in [6, 6.07) is 4.79. The van der Waals surface area contributed by atoms with Gasteiger partial charge in [-0.05, 0) is 38.5 Å². The molecule has 9 nitrogen and oxygen atoms in total. The first kappa shape index (κ1) is 23.3. The molecule has 0 unspecified atom stereocenters. The van der Waals surface area contributed by atoms with Crippen molar-refractivity contribution in [3.05, 3.63) is 29.8 Å². The molecule has 1 saturated heterocycles. The van der Waals surface area contributed by atoms with E-state index in [1.165, 1.54) is 36.2 Å². The first-order chi connectivity index (χ1) is 13.5. The van der Waals surface area contributed by atoms with Crippen molar-refractivity contribution < 1.29 is 26.4 Å². The molecule has 0 saturated carbocycles. The van der Waals surface area contributed by atoms with E-state index in [2.05, 4.69) is 4.72 Å². The Morgan fingerprint density at radius 1 is 1.21 bits per heavy atom. The van der Waals surface area contributed by atoms with Gasteiger partial charge in [0.25, 0.3) is 5.91 Å². The van der Waals surface area contributed by atoms with Crippen LogP contribution in [0.15, 0.2) is 29.2 Å². The maximum Gasteiger partial charge on any atom is 0.254 e. The summed E-state index contributed by atoms with van der Waals surface area (Å²) in [5.74, 6) is -0.963. The van der Waals surface area contributed by atoms with Crippen LogP contribution in [0, 0.1) is 0 Å². The lowest BCUT2D eigenvalue weighted by Crippen LogP contribution is -2.41. The molecule has 2 amide bonds. The summed E-state index contributed by atoms with van der Waals surface area (Å²) >= 11 is 0. The average Bonchev–Trinajstić information content (AvgIpc) is 2.99. The molecule has 29 heavy (non-hydrogen) atoms. The second kappa shape index (κ2) is 9.23. The summed E-state index contributed by atoms with van der Waals surface area (Å²) in [6.45, 7) is 4.65. The van der Waals surface area contributed by atoms with Gasteiger partial charge in [0.1, 0.15) is 0 Å². The van der Waals surface area contributed by atoms with Crippen molar-refractivity contribution in [2.45, 2.75) is 31.2 Å². The molecule has 1 aliphatic rings. The second-order valence-electron chi connectivity index (χ2n) is 6.98. The molecular formula is C18H27N3O6S2. The molecular weight excluding hydrogens is 418 g/mol. The van der Waals surface area contributed by atoms with Crippen molar-refractivity contribution >= 4 is 31.7 Å². The number of carbonyl (C=O) groups excluding carboxylic acids is 2. The van der Waals surface area contributed by atoms with Crippen molar-refractivity contribution in [2.24, 2.45) is 0 Å². The van der Waals surface area contributed by atoms with Crippen LogP contribution >= 0.6 is 0 Å². The van der Waals surface area contributed by atoms with Gasteiger partial charge < -0.3 is 9.80 Å². The van der Waals surface area contributed by atoms with E-state index < -0.39 is 31.8 Å². The van der Waals surface area contributed by atoms with Crippen molar-refractivity contribution in [1.29, 1.82) is 0 Å². The van der Waals surface area contributed by atoms with Crippen LogP contribution in [0.5, 0.6) is 0 Å². The molecule has 0 bridgehead atoms. The SMILES string of the molecule is CCN(CC)C(=O)CN(C)C(=O)c1cccc(S(=O)(=O)N[C@@H]2CCS(=O)(=O)C2)c1. The number of sulfonamides is 1. The molecule has 162 valence electrons. The summed E-state index contributed by atoms with van der Waals surface area (Å²) in [7, 11) is -5.73. The summed E-state index contributed by atoms with van der Waals surface area (Å²) in [5, 5.41) is 0. The molecule has 0 aromatic heterocycles. The Morgan fingerprint density at radius 3 is 2.41 bits per heavy atom. The van der Waals surface area contributed by atoms with E-state index in [0.717, 1.165) is 0 Å². The number of carbonyl (C=O) groups is 2. The predicted octanol–water partition coefficient (Wildman–Crippen LogP) is 0.0924. The van der Waals surface area contributed by atoms with Gasteiger partial charge in [-0.2, -0.15) is 0 Å². The highest BCUT2D eigenvalue weighted by Crippen LogP contribution is 2.17. The van der Waals surface area contributed by atoms with E-state index in [-0.39, 0.29) is 40.8 Å². The fourth-order valence-electron chi connectivity index (χ4n) is 3.14. The fourth-order valence-corrected chi connectivity index (χ4v) is 6.24. The zero-order valence-electron chi connectivity index (χ0n) is 16.8. The lowest BCUT2D eigenvalue weighted by molar-refractivity contribution is -0.131. The third kappa shape index (κ3) is 6.00. The predicted molar refractivity (Wildman–Crippen MR) is 109 cm³/mol. The fraction of sp³-hybridized carbons (Fsp3) is 0.556. The van der Waals surface area contributed by atoms with Crippen LogP contribution in [-0.4, -0.2) is 82.7 Å². The highest BCUT2D eigenvalue weighted by Gasteiger charge is 2.31. The molecule has 11 heteroatoms. The van der Waals surface area contributed by atoms with Crippen LogP contribution in [-0.2, 0) is 24.7 Å². The van der Waals surface area contributed by atoms with Gasteiger partial charge in [0, 0.05) is 31.7 Å². The molecule has 1 aromatic carbocycles. The highest BCUT2D eigenvalue weighted by atomic mass is 32.2. The van der Waals surface area contributed by atoms with E-state index in [4.69, 9.17) is 0 Å². The normalized spacial score (nSPS) is 18.4. The lowest BCUT2D eigenvalue weighted by Gasteiger charge is -2.23. The maximum atomic E-state index is 12.6. The van der Waals surface area contributed by atoms with E-state index in [9.17, 15) is 26.4 Å². The van der Waals surface area contributed by atoms with Crippen LogP contribution in [0.2, 0.25) is 0 Å². The van der Waals surface area contributed by atoms with Crippen LogP contribution in [0.4, 0.5) is 0 Å². The molecule has 2 rings (SSSR count). The first-order valence-corrected chi connectivity index (χ1v) is 12.7. The van der Waals surface area contributed by atoms with Gasteiger partial charge in [-0.25, -0.2) is 21.6 Å². The smallest absolute Gasteiger partial charge is 0.254 e. The quantitative estimate of drug-likeness (QED) is 0.605. The number of nitrogens with one attached hydrogen (secondary N) is 1. The van der Waals surface area contributed by atoms with E-state index in [1.807, 2.05) is 13.8 Å². The zero-order chi connectivity index (χ0) is 21.8. The third-order valence-corrected chi connectivity index (χ3v) is 8.07. The molecule has 1 fully saturated rings. The molecule has 0 radical (unpaired) electrons. The molecule has 1 heterocycles. The topological polar surface area (TPSA) is 121 Å². The first-order valence-electron chi connectivity index (χ1n) is 9.35. The third-order valence-electron chi connectivity index (χ3n) is 4.78. The molecule has 1 aromatic rings. The minimum atomic E-state index is -3.98. The second-order valence-corrected chi connectivity index (χ2v) is 10.9. The Balaban J connectivity index is 2.13. The van der Waals surface area contributed by atoms with Crippen molar-refractivity contribution in [2.75, 3.05) is 38.2 Å². The Labute approximate surface area is 172 Å². The number of sulfone groups is 1. The van der Waals surface area contributed by atoms with Crippen molar-refractivity contribution in [3.63, 3.8) is 0 Å². The van der Waals surface area contributed by atoms with Gasteiger partial charge in [0.2, 0.25) is 15.9 Å². The van der Waals surface area contributed by atoms with Crippen molar-refractivity contribution in [1.82, 2.24) is 14.5 Å². The number of likely N-dealkylation sites (N-methyl/N-ethyl adjacent to an activating group) is 2. The molecule has 1 aliphatic heterocycles. The lowest BCUT2D eigenvalue weighted by atomic mass is 10.2. The Kier molecular flexibility index (Phi) is 7.41. The summed E-state index contributed by atoms with van der Waals surface area (Å²) in [6.07, 6.45) is 0.219. The van der Waals surface area contributed by atoms with E-state index in [1.54, 1.807) is 4.90 Å². The van der Waals surface area contributed by atoms with Gasteiger partial charge in [0.05, 0.1) is 22.9 Å². The highest BCUT2D eigenvalue weighted by molar-refractivity contribution is 7.92. The standard InChI is InChI=1S/C18H27N3O6S2/c1-4-21(5-2)17(22)12-20(3)18(23)14-7-6-8-16(11-14)29(26,27)19-15-9-10-28(24,25)13-15/h6-8,11,15,19H,4-5,9-10,12-13H2,1-3H3/t15-/m1/s1. The Hall–Kier alpha value is -1.98. The van der Waals surface area contributed by atoms with Crippen LogP contribution in [0.25, 0.3) is 0 Å². The van der Waals surface area contributed by atoms with Crippen molar-refractivity contribution in [3.8, 4) is 0 Å². The average molecular weight is 446 g/mol. The van der Waals surface area contributed by atoms with Gasteiger partial charge in [-0.3, -0.25) is 9.59 Å². The Morgan fingerprint density at radius 2 is 1.86 bits per heavy atom. The maximum absolute atomic E-state index is 12.6. The molecule has 1 N–H and O–H groups in total. The van der Waals surface area contributed by atoms with Crippen LogP contribution < -0.4 is 4.72 Å². The number of hydrogen-bond acceptors (Lipinski definition) is 6. The monoisotopic (exact) mass is 445 g/mol. The summed E-state index contributed by atoms with van der Waals surface area (Å²) in [4.78, 5) is 27.6. The van der Waals surface area contributed by atoms with Gasteiger partial charge in [0.15, 0.2) is 9.84 Å². The zero-order valence-corrected chi connectivity index (χ0v) is 18.4. The number of hydrogen-bond donors (Lipinski definition) is 1. The van der Waals surface area contributed by atoms with Gasteiger partial charge in [-0.1, -0.05) is 6.07 Å². The van der Waals surface area contributed by atoms with E-state index in [0.29, 0.717) is 13.1 Å². The largest absolute Gasteiger partial charge is 0.342 e. The molecule has 0 spiro atoms. The Bertz CT molecular complexity index is 971. The van der Waals surface area contributed by atoms with E-state index >= 15 is 0 Å². The minimum Gasteiger partial charge on any atom is -0.342 e. The number of rotatable bonds is 8. The van der Waals surface area contributed by atoms with Gasteiger partial charge >= 0.3 is 0 Å². The minimum absolute atomic E-state index is 0.0515. The number of benzene rings is 1. The van der Waals surface area contributed by atoms with Crippen LogP contribution in [0.3, 0.4) is 0 Å². The number of amides is 2.